The number of hydrogen-bond donors (Lipinski definition) is 2. The summed E-state index contributed by atoms with van der Waals surface area (Å²) >= 11 is 0. The average molecular weight is 573 g/mol. The van der Waals surface area contributed by atoms with Crippen molar-refractivity contribution in [1.29, 1.82) is 0 Å². The summed E-state index contributed by atoms with van der Waals surface area (Å²) in [5.74, 6) is 1.86. The number of aliphatic imine (C=N–C) groups is 1. The van der Waals surface area contributed by atoms with Crippen LogP contribution in [0, 0.1) is 5.92 Å². The van der Waals surface area contributed by atoms with E-state index in [2.05, 4.69) is 39.1 Å². The van der Waals surface area contributed by atoms with Gasteiger partial charge in [0.05, 0.1) is 7.11 Å². The lowest BCUT2D eigenvalue weighted by atomic mass is 9.96. The number of halogens is 1. The monoisotopic (exact) mass is 572 g/mol. The molecule has 1 aromatic carbocycles. The molecular weight excluding hydrogens is 531 g/mol. The zero-order chi connectivity index (χ0) is 22.8. The molecule has 1 amide bonds. The Morgan fingerprint density at radius 2 is 1.76 bits per heavy atom. The number of likely N-dealkylation sites (tertiary alicyclic amines) is 1. The van der Waals surface area contributed by atoms with E-state index in [1.807, 2.05) is 12.1 Å². The predicted molar refractivity (Wildman–Crippen MR) is 146 cm³/mol. The van der Waals surface area contributed by atoms with Gasteiger partial charge < -0.3 is 30.5 Å². The second kappa shape index (κ2) is 14.5. The van der Waals surface area contributed by atoms with Gasteiger partial charge >= 0.3 is 0 Å². The van der Waals surface area contributed by atoms with E-state index in [0.29, 0.717) is 0 Å². The zero-order valence-corrected chi connectivity index (χ0v) is 22.5. The molecule has 0 aliphatic carbocycles. The number of nitrogens with zero attached hydrogens (tertiary/aromatic N) is 4. The molecule has 9 heteroatoms. The van der Waals surface area contributed by atoms with Crippen molar-refractivity contribution in [2.45, 2.75) is 32.6 Å². The lowest BCUT2D eigenvalue weighted by Gasteiger charge is -2.37. The summed E-state index contributed by atoms with van der Waals surface area (Å²) in [4.78, 5) is 23.4. The molecule has 3 N–H and O–H groups in total. The van der Waals surface area contributed by atoms with Crippen LogP contribution in [0.4, 0.5) is 5.69 Å². The number of methoxy groups -OCH3 is 1. The van der Waals surface area contributed by atoms with Gasteiger partial charge in [0, 0.05) is 50.9 Å². The van der Waals surface area contributed by atoms with Crippen LogP contribution in [-0.4, -0.2) is 87.7 Å². The highest BCUT2D eigenvalue weighted by molar-refractivity contribution is 14.0. The maximum Gasteiger partial charge on any atom is 0.220 e. The minimum absolute atomic E-state index is 0. The van der Waals surface area contributed by atoms with Gasteiger partial charge in [-0.25, -0.2) is 0 Å². The number of piperazine rings is 1. The minimum Gasteiger partial charge on any atom is -0.497 e. The van der Waals surface area contributed by atoms with E-state index in [-0.39, 0.29) is 35.8 Å². The number of carbonyl (C=O) groups is 1. The fourth-order valence-corrected chi connectivity index (χ4v) is 4.47. The number of nitrogens with one attached hydrogen (secondary N) is 1. The molecule has 1 aromatic rings. The SMILES string of the molecule is CCNC(=NCCCCN1CCC(C(N)=O)CC1)N1CCN(c2ccc(OC)cc2)CC1.I. The van der Waals surface area contributed by atoms with Gasteiger partial charge in [-0.3, -0.25) is 9.79 Å². The number of ether oxygens (including phenoxy) is 1. The van der Waals surface area contributed by atoms with E-state index >= 15 is 0 Å². The number of unbranched alkanes of at least 4 members (excludes halogenated alkanes) is 1. The Morgan fingerprint density at radius 3 is 2.33 bits per heavy atom. The van der Waals surface area contributed by atoms with Crippen LogP contribution in [0.5, 0.6) is 5.75 Å². The molecule has 0 radical (unpaired) electrons. The highest BCUT2D eigenvalue weighted by Crippen LogP contribution is 2.20. The lowest BCUT2D eigenvalue weighted by Crippen LogP contribution is -2.52. The molecule has 0 saturated carbocycles. The molecule has 0 unspecified atom stereocenters. The maximum atomic E-state index is 11.3. The van der Waals surface area contributed by atoms with Crippen LogP contribution in [0.25, 0.3) is 0 Å². The number of nitrogens with two attached hydrogens (primary N) is 1. The highest BCUT2D eigenvalue weighted by Gasteiger charge is 2.23. The van der Waals surface area contributed by atoms with Gasteiger partial charge in [-0.1, -0.05) is 0 Å². The molecule has 3 rings (SSSR count). The molecule has 8 nitrogen and oxygen atoms in total. The Balaban J connectivity index is 0.00000385. The average Bonchev–Trinajstić information content (AvgIpc) is 2.83. The van der Waals surface area contributed by atoms with Crippen LogP contribution in [0.2, 0.25) is 0 Å². The largest absolute Gasteiger partial charge is 0.497 e. The molecule has 0 atom stereocenters. The summed E-state index contributed by atoms with van der Waals surface area (Å²) in [7, 11) is 1.70. The normalized spacial score (nSPS) is 18.1. The van der Waals surface area contributed by atoms with Gasteiger partial charge in [0.25, 0.3) is 0 Å². The first-order valence-corrected chi connectivity index (χ1v) is 12.0. The Hall–Kier alpha value is -1.75. The molecule has 2 heterocycles. The fourth-order valence-electron chi connectivity index (χ4n) is 4.47. The number of primary amides is 1. The fraction of sp³-hybridized carbons (Fsp3) is 0.667. The second-order valence-corrected chi connectivity index (χ2v) is 8.63. The smallest absolute Gasteiger partial charge is 0.220 e. The first kappa shape index (κ1) is 27.5. The van der Waals surface area contributed by atoms with E-state index in [1.165, 1.54) is 5.69 Å². The Morgan fingerprint density at radius 1 is 1.09 bits per heavy atom. The highest BCUT2D eigenvalue weighted by atomic mass is 127. The van der Waals surface area contributed by atoms with Crippen molar-refractivity contribution in [2.24, 2.45) is 16.6 Å². The van der Waals surface area contributed by atoms with Crippen LogP contribution in [0.3, 0.4) is 0 Å². The number of anilines is 1. The van der Waals surface area contributed by atoms with Gasteiger partial charge in [-0.2, -0.15) is 0 Å². The first-order valence-electron chi connectivity index (χ1n) is 12.0. The molecule has 2 saturated heterocycles. The van der Waals surface area contributed by atoms with Crippen LogP contribution in [-0.2, 0) is 4.79 Å². The van der Waals surface area contributed by atoms with Crippen molar-refractivity contribution in [2.75, 3.05) is 70.9 Å². The van der Waals surface area contributed by atoms with E-state index in [4.69, 9.17) is 15.5 Å². The molecule has 2 aliphatic heterocycles. The van der Waals surface area contributed by atoms with E-state index in [0.717, 1.165) is 96.3 Å². The third kappa shape index (κ3) is 8.51. The summed E-state index contributed by atoms with van der Waals surface area (Å²) in [6.07, 6.45) is 4.02. The van der Waals surface area contributed by atoms with E-state index < -0.39 is 0 Å². The van der Waals surface area contributed by atoms with Crippen molar-refractivity contribution in [1.82, 2.24) is 15.1 Å². The van der Waals surface area contributed by atoms with Crippen molar-refractivity contribution in [3.63, 3.8) is 0 Å². The Kier molecular flexibility index (Phi) is 12.1. The van der Waals surface area contributed by atoms with Crippen molar-refractivity contribution in [3.05, 3.63) is 24.3 Å². The molecule has 0 aromatic heterocycles. The summed E-state index contributed by atoms with van der Waals surface area (Å²) in [5, 5.41) is 3.46. The Labute approximate surface area is 215 Å². The molecular formula is C24H41IN6O2. The molecule has 2 aliphatic rings. The first-order chi connectivity index (χ1) is 15.6. The summed E-state index contributed by atoms with van der Waals surface area (Å²) in [5.41, 5.74) is 6.67. The number of guanidine groups is 1. The molecule has 0 bridgehead atoms. The standard InChI is InChI=1S/C24H40N6O2.HI/c1-3-26-24(27-12-4-5-13-28-14-10-20(11-15-28)23(25)31)30-18-16-29(17-19-30)21-6-8-22(32-2)9-7-21;/h6-9,20H,3-5,10-19H2,1-2H3,(H2,25,31)(H,26,27);1H. The summed E-state index contributed by atoms with van der Waals surface area (Å²) in [6.45, 7) is 10.8. The molecule has 33 heavy (non-hydrogen) atoms. The number of amides is 1. The predicted octanol–water partition coefficient (Wildman–Crippen LogP) is 2.38. The quantitative estimate of drug-likeness (QED) is 0.205. The minimum atomic E-state index is -0.139. The van der Waals surface area contributed by atoms with Gasteiger partial charge in [-0.05, 0) is 76.5 Å². The molecule has 186 valence electrons. The van der Waals surface area contributed by atoms with Gasteiger partial charge in [0.1, 0.15) is 5.75 Å². The lowest BCUT2D eigenvalue weighted by molar-refractivity contribution is -0.123. The van der Waals surface area contributed by atoms with Crippen LogP contribution in [0.1, 0.15) is 32.6 Å². The maximum absolute atomic E-state index is 11.3. The van der Waals surface area contributed by atoms with E-state index in [9.17, 15) is 4.79 Å². The molecule has 0 spiro atoms. The van der Waals surface area contributed by atoms with Crippen LogP contribution in [0.15, 0.2) is 29.3 Å². The summed E-state index contributed by atoms with van der Waals surface area (Å²) < 4.78 is 5.26. The number of piperidine rings is 1. The number of hydrogen-bond acceptors (Lipinski definition) is 5. The van der Waals surface area contributed by atoms with Gasteiger partial charge in [-0.15, -0.1) is 24.0 Å². The van der Waals surface area contributed by atoms with Gasteiger partial charge in [0.2, 0.25) is 5.91 Å². The van der Waals surface area contributed by atoms with Crippen LogP contribution >= 0.6 is 24.0 Å². The third-order valence-corrected chi connectivity index (χ3v) is 6.49. The van der Waals surface area contributed by atoms with Crippen molar-refractivity contribution >= 4 is 41.5 Å². The molecule has 2 fully saturated rings. The van der Waals surface area contributed by atoms with Crippen LogP contribution < -0.4 is 20.7 Å². The van der Waals surface area contributed by atoms with Gasteiger partial charge in [0.15, 0.2) is 5.96 Å². The summed E-state index contributed by atoms with van der Waals surface area (Å²) in [6, 6.07) is 8.30. The third-order valence-electron chi connectivity index (χ3n) is 6.49. The van der Waals surface area contributed by atoms with Crippen molar-refractivity contribution < 1.29 is 9.53 Å². The topological polar surface area (TPSA) is 86.4 Å². The van der Waals surface area contributed by atoms with Crippen molar-refractivity contribution in [3.8, 4) is 5.75 Å². The zero-order valence-electron chi connectivity index (χ0n) is 20.2. The van der Waals surface area contributed by atoms with E-state index in [1.54, 1.807) is 7.11 Å². The number of carbonyl (C=O) groups excluding carboxylic acids is 1. The second-order valence-electron chi connectivity index (χ2n) is 8.63. The number of benzene rings is 1. The number of rotatable bonds is 9. The Bertz CT molecular complexity index is 729.